The molecule has 6 heteroatoms. The zero-order valence-electron chi connectivity index (χ0n) is 19.8. The van der Waals surface area contributed by atoms with Gasteiger partial charge in [-0.15, -0.1) is 0 Å². The zero-order chi connectivity index (χ0) is 23.5. The second-order valence-electron chi connectivity index (χ2n) is 9.74. The average Bonchev–Trinajstić information content (AvgIpc) is 3.31. The molecule has 1 amide bonds. The molecule has 1 saturated carbocycles. The van der Waals surface area contributed by atoms with Crippen molar-refractivity contribution >= 4 is 16.8 Å². The lowest BCUT2D eigenvalue weighted by Gasteiger charge is -2.33. The molecule has 2 N–H and O–H groups in total. The lowest BCUT2D eigenvalue weighted by molar-refractivity contribution is 0.0915. The van der Waals surface area contributed by atoms with E-state index in [0.29, 0.717) is 5.69 Å². The van der Waals surface area contributed by atoms with Crippen LogP contribution in [-0.4, -0.2) is 42.0 Å². The van der Waals surface area contributed by atoms with Gasteiger partial charge in [-0.1, -0.05) is 6.07 Å². The van der Waals surface area contributed by atoms with Crippen molar-refractivity contribution in [3.8, 4) is 11.8 Å². The summed E-state index contributed by atoms with van der Waals surface area (Å²) in [7, 11) is 1.65. The van der Waals surface area contributed by atoms with Crippen LogP contribution in [-0.2, 0) is 13.0 Å². The Balaban J connectivity index is 1.08. The lowest BCUT2D eigenvalue weighted by atomic mass is 9.84. The molecule has 5 rings (SSSR count). The number of nitrogens with zero attached hydrogens (tertiary/aromatic N) is 2. The van der Waals surface area contributed by atoms with Gasteiger partial charge in [0.25, 0.3) is 5.91 Å². The number of methoxy groups -OCH3 is 1. The second kappa shape index (κ2) is 9.90. The number of nitrogens with one attached hydrogen (secondary N) is 2. The van der Waals surface area contributed by atoms with Gasteiger partial charge in [0.15, 0.2) is 0 Å². The summed E-state index contributed by atoms with van der Waals surface area (Å²) in [4.78, 5) is 18.6. The molecule has 0 radical (unpaired) electrons. The SMILES string of the molecule is COc1ccc2[nH]c(C(=O)NC3CCC(CCN4CCc5ccc(C#N)cc5C4)CC3)cc2c1. The van der Waals surface area contributed by atoms with Crippen molar-refractivity contribution in [3.63, 3.8) is 0 Å². The topological polar surface area (TPSA) is 81.2 Å². The molecule has 1 fully saturated rings. The molecule has 2 heterocycles. The molecule has 0 spiro atoms. The van der Waals surface area contributed by atoms with Crippen molar-refractivity contribution in [1.82, 2.24) is 15.2 Å². The molecule has 2 aliphatic rings. The summed E-state index contributed by atoms with van der Waals surface area (Å²) in [5.41, 5.74) is 5.01. The fourth-order valence-corrected chi connectivity index (χ4v) is 5.46. The number of amides is 1. The van der Waals surface area contributed by atoms with E-state index < -0.39 is 0 Å². The van der Waals surface area contributed by atoms with Gasteiger partial charge < -0.3 is 15.0 Å². The largest absolute Gasteiger partial charge is 0.497 e. The first-order valence-corrected chi connectivity index (χ1v) is 12.3. The number of hydrogen-bond acceptors (Lipinski definition) is 4. The minimum Gasteiger partial charge on any atom is -0.497 e. The predicted octanol–water partition coefficient (Wildman–Crippen LogP) is 4.79. The van der Waals surface area contributed by atoms with Crippen LogP contribution in [0.2, 0.25) is 0 Å². The van der Waals surface area contributed by atoms with Crippen molar-refractivity contribution in [2.75, 3.05) is 20.2 Å². The lowest BCUT2D eigenvalue weighted by Crippen LogP contribution is -2.38. The predicted molar refractivity (Wildman–Crippen MR) is 133 cm³/mol. The Bertz CT molecular complexity index is 1220. The van der Waals surface area contributed by atoms with E-state index >= 15 is 0 Å². The number of carbonyl (C=O) groups is 1. The van der Waals surface area contributed by atoms with E-state index in [1.807, 2.05) is 30.3 Å². The molecule has 0 saturated heterocycles. The fraction of sp³-hybridized carbons (Fsp3) is 0.429. The average molecular weight is 457 g/mol. The third-order valence-corrected chi connectivity index (χ3v) is 7.53. The van der Waals surface area contributed by atoms with E-state index in [1.165, 1.54) is 17.5 Å². The summed E-state index contributed by atoms with van der Waals surface area (Å²) in [6.45, 7) is 3.16. The number of H-pyrrole nitrogens is 1. The molecule has 6 nitrogen and oxygen atoms in total. The Morgan fingerprint density at radius 3 is 2.79 bits per heavy atom. The third-order valence-electron chi connectivity index (χ3n) is 7.53. The highest BCUT2D eigenvalue weighted by atomic mass is 16.5. The molecule has 1 aliphatic carbocycles. The summed E-state index contributed by atoms with van der Waals surface area (Å²) >= 11 is 0. The molecule has 2 aromatic carbocycles. The number of rotatable bonds is 6. The smallest absolute Gasteiger partial charge is 0.267 e. The fourth-order valence-electron chi connectivity index (χ4n) is 5.46. The highest BCUT2D eigenvalue weighted by Gasteiger charge is 2.24. The van der Waals surface area contributed by atoms with Crippen molar-refractivity contribution in [3.05, 3.63) is 64.8 Å². The van der Waals surface area contributed by atoms with Crippen LogP contribution in [0.3, 0.4) is 0 Å². The molecule has 0 bridgehead atoms. The zero-order valence-corrected chi connectivity index (χ0v) is 19.8. The third kappa shape index (κ3) is 4.95. The van der Waals surface area contributed by atoms with Gasteiger partial charge in [0, 0.05) is 30.0 Å². The number of fused-ring (bicyclic) bond motifs is 2. The number of benzene rings is 2. The van der Waals surface area contributed by atoms with Gasteiger partial charge in [0.05, 0.1) is 18.7 Å². The first-order valence-electron chi connectivity index (χ1n) is 12.3. The maximum absolute atomic E-state index is 12.8. The van der Waals surface area contributed by atoms with E-state index in [9.17, 15) is 10.1 Å². The quantitative estimate of drug-likeness (QED) is 0.559. The number of nitriles is 1. The number of aromatic nitrogens is 1. The molecule has 3 aromatic rings. The Morgan fingerprint density at radius 2 is 2.00 bits per heavy atom. The summed E-state index contributed by atoms with van der Waals surface area (Å²) in [5, 5.41) is 13.4. The van der Waals surface area contributed by atoms with Gasteiger partial charge in [-0.05, 0) is 98.5 Å². The first kappa shape index (κ1) is 22.5. The van der Waals surface area contributed by atoms with E-state index in [4.69, 9.17) is 4.74 Å². The van der Waals surface area contributed by atoms with E-state index in [2.05, 4.69) is 33.4 Å². The molecular weight excluding hydrogens is 424 g/mol. The maximum Gasteiger partial charge on any atom is 0.267 e. The number of aromatic amines is 1. The van der Waals surface area contributed by atoms with Crippen LogP contribution < -0.4 is 10.1 Å². The standard InChI is InChI=1S/C28H32N4O2/c1-34-25-8-9-26-22(15-25)16-27(31-26)28(33)30-24-6-3-19(4-7-24)10-12-32-13-11-21-5-2-20(17-29)14-23(21)18-32/h2,5,8-9,14-16,19,24,31H,3-4,6-7,10-13,18H2,1H3,(H,30,33). The van der Waals surface area contributed by atoms with Crippen molar-refractivity contribution < 1.29 is 9.53 Å². The Labute approximate surface area is 200 Å². The minimum atomic E-state index is -0.0256. The molecule has 0 unspecified atom stereocenters. The van der Waals surface area contributed by atoms with Gasteiger partial charge >= 0.3 is 0 Å². The van der Waals surface area contributed by atoms with Crippen LogP contribution in [0.15, 0.2) is 42.5 Å². The maximum atomic E-state index is 12.8. The van der Waals surface area contributed by atoms with Gasteiger partial charge in [-0.3, -0.25) is 9.69 Å². The van der Waals surface area contributed by atoms with Gasteiger partial charge in [-0.2, -0.15) is 5.26 Å². The Hall–Kier alpha value is -3.30. The summed E-state index contributed by atoms with van der Waals surface area (Å²) in [6.07, 6.45) is 6.69. The van der Waals surface area contributed by atoms with Crippen LogP contribution in [0.1, 0.15) is 59.3 Å². The molecule has 0 atom stereocenters. The summed E-state index contributed by atoms with van der Waals surface area (Å²) in [6, 6.07) is 16.3. The molecule has 176 valence electrons. The van der Waals surface area contributed by atoms with Crippen molar-refractivity contribution in [2.24, 2.45) is 5.92 Å². The van der Waals surface area contributed by atoms with Crippen LogP contribution in [0.4, 0.5) is 0 Å². The Kier molecular flexibility index (Phi) is 6.55. The number of ether oxygens (including phenoxy) is 1. The van der Waals surface area contributed by atoms with Crippen molar-refractivity contribution in [1.29, 1.82) is 5.26 Å². The van der Waals surface area contributed by atoms with Gasteiger partial charge in [0.2, 0.25) is 0 Å². The van der Waals surface area contributed by atoms with E-state index in [0.717, 1.165) is 79.9 Å². The second-order valence-corrected chi connectivity index (χ2v) is 9.74. The Morgan fingerprint density at radius 1 is 1.15 bits per heavy atom. The molecule has 34 heavy (non-hydrogen) atoms. The molecular formula is C28H32N4O2. The van der Waals surface area contributed by atoms with Crippen LogP contribution >= 0.6 is 0 Å². The van der Waals surface area contributed by atoms with Gasteiger partial charge in [0.1, 0.15) is 11.4 Å². The highest BCUT2D eigenvalue weighted by molar-refractivity contribution is 5.98. The number of hydrogen-bond donors (Lipinski definition) is 2. The summed E-state index contributed by atoms with van der Waals surface area (Å²) in [5.74, 6) is 1.49. The molecule has 1 aromatic heterocycles. The van der Waals surface area contributed by atoms with Gasteiger partial charge in [-0.25, -0.2) is 0 Å². The van der Waals surface area contributed by atoms with Crippen LogP contribution in [0.25, 0.3) is 10.9 Å². The van der Waals surface area contributed by atoms with Crippen LogP contribution in [0, 0.1) is 17.2 Å². The van der Waals surface area contributed by atoms with Crippen LogP contribution in [0.5, 0.6) is 5.75 Å². The minimum absolute atomic E-state index is 0.0256. The summed E-state index contributed by atoms with van der Waals surface area (Å²) < 4.78 is 5.28. The van der Waals surface area contributed by atoms with E-state index in [1.54, 1.807) is 7.11 Å². The van der Waals surface area contributed by atoms with Crippen molar-refractivity contribution in [2.45, 2.75) is 51.1 Å². The normalized spacial score (nSPS) is 20.5. The monoisotopic (exact) mass is 456 g/mol. The first-order chi connectivity index (χ1) is 16.6. The molecule has 1 aliphatic heterocycles. The highest BCUT2D eigenvalue weighted by Crippen LogP contribution is 2.29. The number of carbonyl (C=O) groups excluding carboxylic acids is 1. The van der Waals surface area contributed by atoms with E-state index in [-0.39, 0.29) is 11.9 Å².